The summed E-state index contributed by atoms with van der Waals surface area (Å²) in [5.74, 6) is 0. The van der Waals surface area contributed by atoms with E-state index in [1.807, 2.05) is 19.2 Å². The van der Waals surface area contributed by atoms with Gasteiger partial charge in [0.2, 0.25) is 0 Å². The fourth-order valence-corrected chi connectivity index (χ4v) is 2.41. The largest absolute Gasteiger partial charge is 0.320 e. The van der Waals surface area contributed by atoms with Crippen molar-refractivity contribution in [1.82, 2.24) is 10.3 Å². The molecular weight excluding hydrogens is 244 g/mol. The first-order chi connectivity index (χ1) is 8.63. The highest BCUT2D eigenvalue weighted by molar-refractivity contribution is 6.35. The van der Waals surface area contributed by atoms with Crippen molar-refractivity contribution in [3.8, 4) is 0 Å². The van der Waals surface area contributed by atoms with Gasteiger partial charge in [0.1, 0.15) is 0 Å². The Labute approximate surface area is 113 Å². The van der Waals surface area contributed by atoms with E-state index in [-0.39, 0.29) is 0 Å². The average molecular weight is 263 g/mol. The number of rotatable bonds is 4. The third-order valence-electron chi connectivity index (χ3n) is 3.30. The van der Waals surface area contributed by atoms with Crippen molar-refractivity contribution in [1.29, 1.82) is 0 Å². The van der Waals surface area contributed by atoms with Crippen molar-refractivity contribution in [2.75, 3.05) is 13.6 Å². The molecule has 1 N–H and O–H groups in total. The predicted molar refractivity (Wildman–Crippen MR) is 78.5 cm³/mol. The van der Waals surface area contributed by atoms with E-state index in [1.54, 1.807) is 0 Å². The Bertz CT molecular complexity index is 564. The van der Waals surface area contributed by atoms with Crippen LogP contribution in [0.3, 0.4) is 0 Å². The lowest BCUT2D eigenvalue weighted by molar-refractivity contribution is 0.721. The van der Waals surface area contributed by atoms with Crippen LogP contribution in [0.2, 0.25) is 5.02 Å². The molecule has 3 heteroatoms. The maximum absolute atomic E-state index is 6.26. The minimum Gasteiger partial charge on any atom is -0.320 e. The van der Waals surface area contributed by atoms with E-state index in [1.165, 1.54) is 11.1 Å². The second kappa shape index (κ2) is 5.68. The number of fused-ring (bicyclic) bond motifs is 1. The van der Waals surface area contributed by atoms with E-state index in [4.69, 9.17) is 16.6 Å². The molecule has 18 heavy (non-hydrogen) atoms. The standard InChI is InChI=1S/C15H19ClN2/c1-10-6-7-14(16)13-9-12(5-4-8-17-3)11(2)18-15(10)13/h6-7,9,17H,4-5,8H2,1-3H3. The molecule has 0 bridgehead atoms. The van der Waals surface area contributed by atoms with Crippen LogP contribution in [0.25, 0.3) is 10.9 Å². The first-order valence-corrected chi connectivity index (χ1v) is 6.71. The third-order valence-corrected chi connectivity index (χ3v) is 3.63. The van der Waals surface area contributed by atoms with Crippen LogP contribution in [-0.4, -0.2) is 18.6 Å². The number of nitrogens with one attached hydrogen (secondary N) is 1. The Hall–Kier alpha value is -1.12. The monoisotopic (exact) mass is 262 g/mol. The number of nitrogens with zero attached hydrogens (tertiary/aromatic N) is 1. The van der Waals surface area contributed by atoms with E-state index in [2.05, 4.69) is 25.2 Å². The van der Waals surface area contributed by atoms with Gasteiger partial charge >= 0.3 is 0 Å². The molecule has 0 atom stereocenters. The lowest BCUT2D eigenvalue weighted by Gasteiger charge is -2.10. The number of aromatic nitrogens is 1. The smallest absolute Gasteiger partial charge is 0.0749 e. The molecule has 0 aliphatic carbocycles. The topological polar surface area (TPSA) is 24.9 Å². The summed E-state index contributed by atoms with van der Waals surface area (Å²) in [7, 11) is 1.98. The maximum Gasteiger partial charge on any atom is 0.0749 e. The molecule has 0 radical (unpaired) electrons. The lowest BCUT2D eigenvalue weighted by Crippen LogP contribution is -2.09. The van der Waals surface area contributed by atoms with Gasteiger partial charge in [-0.25, -0.2) is 0 Å². The fourth-order valence-electron chi connectivity index (χ4n) is 2.20. The van der Waals surface area contributed by atoms with Crippen molar-refractivity contribution < 1.29 is 0 Å². The minimum atomic E-state index is 0.790. The quantitative estimate of drug-likeness (QED) is 0.851. The molecule has 1 aromatic carbocycles. The van der Waals surface area contributed by atoms with Crippen molar-refractivity contribution in [3.05, 3.63) is 40.0 Å². The van der Waals surface area contributed by atoms with Gasteiger partial charge in [-0.1, -0.05) is 17.7 Å². The summed E-state index contributed by atoms with van der Waals surface area (Å²) in [5, 5.41) is 5.03. The molecule has 2 aromatic rings. The van der Waals surface area contributed by atoms with Gasteiger partial charge in [-0.3, -0.25) is 4.98 Å². The van der Waals surface area contributed by atoms with Crippen LogP contribution < -0.4 is 5.32 Å². The molecule has 1 heterocycles. The van der Waals surface area contributed by atoms with Gasteiger partial charge in [0, 0.05) is 16.1 Å². The van der Waals surface area contributed by atoms with Gasteiger partial charge < -0.3 is 5.32 Å². The molecule has 0 amide bonds. The molecule has 1 aromatic heterocycles. The zero-order valence-corrected chi connectivity index (χ0v) is 11.9. The minimum absolute atomic E-state index is 0.790. The predicted octanol–water partition coefficient (Wildman–Crippen LogP) is 3.66. The van der Waals surface area contributed by atoms with Crippen LogP contribution in [0.15, 0.2) is 18.2 Å². The van der Waals surface area contributed by atoms with Crippen molar-refractivity contribution in [2.45, 2.75) is 26.7 Å². The molecule has 0 saturated heterocycles. The number of pyridine rings is 1. The molecule has 2 rings (SSSR count). The Kier molecular flexibility index (Phi) is 4.20. The second-order valence-corrected chi connectivity index (χ2v) is 5.11. The number of halogens is 1. The molecule has 0 unspecified atom stereocenters. The van der Waals surface area contributed by atoms with Gasteiger partial charge in [0.15, 0.2) is 0 Å². The zero-order chi connectivity index (χ0) is 13.1. The number of hydrogen-bond donors (Lipinski definition) is 1. The number of aryl methyl sites for hydroxylation is 3. The Morgan fingerprint density at radius 3 is 2.78 bits per heavy atom. The van der Waals surface area contributed by atoms with E-state index in [0.717, 1.165) is 41.0 Å². The molecule has 96 valence electrons. The molecule has 0 fully saturated rings. The summed E-state index contributed by atoms with van der Waals surface area (Å²) in [4.78, 5) is 4.71. The fraction of sp³-hybridized carbons (Fsp3) is 0.400. The highest BCUT2D eigenvalue weighted by Crippen LogP contribution is 2.27. The molecule has 0 aliphatic heterocycles. The van der Waals surface area contributed by atoms with Crippen LogP contribution in [0, 0.1) is 13.8 Å². The zero-order valence-electron chi connectivity index (χ0n) is 11.2. The van der Waals surface area contributed by atoms with Crippen LogP contribution in [0.4, 0.5) is 0 Å². The summed E-state index contributed by atoms with van der Waals surface area (Å²) in [6.07, 6.45) is 2.16. The number of benzene rings is 1. The third kappa shape index (κ3) is 2.65. The van der Waals surface area contributed by atoms with Gasteiger partial charge in [-0.2, -0.15) is 0 Å². The van der Waals surface area contributed by atoms with E-state index in [0.29, 0.717) is 0 Å². The normalized spacial score (nSPS) is 11.1. The van der Waals surface area contributed by atoms with Gasteiger partial charge in [0.05, 0.1) is 5.52 Å². The van der Waals surface area contributed by atoms with Crippen LogP contribution >= 0.6 is 11.6 Å². The first kappa shape index (κ1) is 13.3. The first-order valence-electron chi connectivity index (χ1n) is 6.33. The summed E-state index contributed by atoms with van der Waals surface area (Å²) in [5.41, 5.74) is 4.62. The molecule has 0 saturated carbocycles. The Balaban J connectivity index is 2.44. The summed E-state index contributed by atoms with van der Waals surface area (Å²) in [6, 6.07) is 6.17. The molecule has 0 aliphatic rings. The van der Waals surface area contributed by atoms with Gasteiger partial charge in [-0.15, -0.1) is 0 Å². The Morgan fingerprint density at radius 2 is 2.06 bits per heavy atom. The van der Waals surface area contributed by atoms with E-state index < -0.39 is 0 Å². The van der Waals surface area contributed by atoms with Gasteiger partial charge in [-0.05, 0) is 63.5 Å². The summed E-state index contributed by atoms with van der Waals surface area (Å²) < 4.78 is 0. The molecule has 2 nitrogen and oxygen atoms in total. The Morgan fingerprint density at radius 1 is 1.28 bits per heavy atom. The van der Waals surface area contributed by atoms with Crippen LogP contribution in [-0.2, 0) is 6.42 Å². The lowest BCUT2D eigenvalue weighted by atomic mass is 10.0. The summed E-state index contributed by atoms with van der Waals surface area (Å²) >= 11 is 6.26. The van der Waals surface area contributed by atoms with Crippen molar-refractivity contribution in [3.63, 3.8) is 0 Å². The number of hydrogen-bond acceptors (Lipinski definition) is 2. The highest BCUT2D eigenvalue weighted by atomic mass is 35.5. The van der Waals surface area contributed by atoms with Crippen molar-refractivity contribution in [2.24, 2.45) is 0 Å². The van der Waals surface area contributed by atoms with E-state index in [9.17, 15) is 0 Å². The van der Waals surface area contributed by atoms with Crippen molar-refractivity contribution >= 4 is 22.5 Å². The molecular formula is C15H19ClN2. The highest BCUT2D eigenvalue weighted by Gasteiger charge is 2.08. The van der Waals surface area contributed by atoms with E-state index >= 15 is 0 Å². The second-order valence-electron chi connectivity index (χ2n) is 4.70. The van der Waals surface area contributed by atoms with Gasteiger partial charge in [0.25, 0.3) is 0 Å². The average Bonchev–Trinajstić information content (AvgIpc) is 2.36. The summed E-state index contributed by atoms with van der Waals surface area (Å²) in [6.45, 7) is 5.18. The van der Waals surface area contributed by atoms with Crippen LogP contribution in [0.1, 0.15) is 23.2 Å². The maximum atomic E-state index is 6.26. The molecule has 0 spiro atoms. The SMILES string of the molecule is CNCCCc1cc2c(Cl)ccc(C)c2nc1C. The van der Waals surface area contributed by atoms with Crippen LogP contribution in [0.5, 0.6) is 0 Å².